The van der Waals surface area contributed by atoms with Crippen molar-refractivity contribution in [3.63, 3.8) is 0 Å². The predicted molar refractivity (Wildman–Crippen MR) is 75.2 cm³/mol. The van der Waals surface area contributed by atoms with Crippen molar-refractivity contribution < 1.29 is 9.90 Å². The fourth-order valence-electron chi connectivity index (χ4n) is 1.26. The summed E-state index contributed by atoms with van der Waals surface area (Å²) in [6, 6.07) is 7.99. The van der Waals surface area contributed by atoms with E-state index < -0.39 is 0 Å². The molecule has 0 unspecified atom stereocenters. The summed E-state index contributed by atoms with van der Waals surface area (Å²) < 4.78 is 0.980. The van der Waals surface area contributed by atoms with Crippen LogP contribution >= 0.6 is 27.3 Å². The van der Waals surface area contributed by atoms with E-state index in [1.807, 2.05) is 11.4 Å². The van der Waals surface area contributed by atoms with Gasteiger partial charge in [-0.3, -0.25) is 4.79 Å². The van der Waals surface area contributed by atoms with Gasteiger partial charge in [0.15, 0.2) is 0 Å². The Balaban J connectivity index is 1.98. The standard InChI is InChI=1S/C12H9BrN2O2S/c13-9-5-11(18-7-9)6-14-15-12(17)8-2-1-3-10(16)4-8/h1-7,16H,(H,15,17)/b14-6+. The number of aromatic hydroxyl groups is 1. The summed E-state index contributed by atoms with van der Waals surface area (Å²) in [7, 11) is 0. The van der Waals surface area contributed by atoms with Crippen LogP contribution in [-0.4, -0.2) is 17.2 Å². The normalized spacial score (nSPS) is 10.7. The number of hydrazone groups is 1. The second-order valence-corrected chi connectivity index (χ2v) is 5.28. The minimum absolute atomic E-state index is 0.0498. The summed E-state index contributed by atoms with van der Waals surface area (Å²) in [5, 5.41) is 15.0. The highest BCUT2D eigenvalue weighted by Gasteiger charge is 2.04. The maximum Gasteiger partial charge on any atom is 0.271 e. The van der Waals surface area contributed by atoms with E-state index in [4.69, 9.17) is 0 Å². The quantitative estimate of drug-likeness (QED) is 0.673. The van der Waals surface area contributed by atoms with Crippen LogP contribution in [0.5, 0.6) is 5.75 Å². The minimum atomic E-state index is -0.363. The first kappa shape index (κ1) is 12.8. The molecule has 0 saturated carbocycles. The Kier molecular flexibility index (Phi) is 4.11. The zero-order chi connectivity index (χ0) is 13.0. The summed E-state index contributed by atoms with van der Waals surface area (Å²) in [6.45, 7) is 0. The molecule has 0 saturated heterocycles. The number of carbonyl (C=O) groups is 1. The van der Waals surface area contributed by atoms with E-state index in [-0.39, 0.29) is 11.7 Å². The van der Waals surface area contributed by atoms with Gasteiger partial charge in [-0.2, -0.15) is 5.10 Å². The molecule has 0 spiro atoms. The lowest BCUT2D eigenvalue weighted by Crippen LogP contribution is -2.17. The molecule has 0 radical (unpaired) electrons. The van der Waals surface area contributed by atoms with E-state index in [0.717, 1.165) is 9.35 Å². The monoisotopic (exact) mass is 324 g/mol. The number of hydrogen-bond acceptors (Lipinski definition) is 4. The van der Waals surface area contributed by atoms with Crippen molar-refractivity contribution >= 4 is 39.4 Å². The fourth-order valence-corrected chi connectivity index (χ4v) is 2.57. The molecule has 2 N–H and O–H groups in total. The highest BCUT2D eigenvalue weighted by Crippen LogP contribution is 2.17. The molecular formula is C12H9BrN2O2S. The lowest BCUT2D eigenvalue weighted by atomic mass is 10.2. The van der Waals surface area contributed by atoms with Crippen LogP contribution in [-0.2, 0) is 0 Å². The van der Waals surface area contributed by atoms with E-state index >= 15 is 0 Å². The molecule has 1 aromatic heterocycles. The molecule has 6 heteroatoms. The zero-order valence-electron chi connectivity index (χ0n) is 9.13. The number of amides is 1. The van der Waals surface area contributed by atoms with Crippen LogP contribution in [0.25, 0.3) is 0 Å². The number of halogens is 1. The van der Waals surface area contributed by atoms with Crippen LogP contribution < -0.4 is 5.43 Å². The van der Waals surface area contributed by atoms with Gasteiger partial charge in [-0.1, -0.05) is 6.07 Å². The summed E-state index contributed by atoms with van der Waals surface area (Å²) in [5.41, 5.74) is 2.76. The van der Waals surface area contributed by atoms with Gasteiger partial charge in [-0.05, 0) is 40.2 Å². The van der Waals surface area contributed by atoms with Gasteiger partial charge in [0, 0.05) is 20.3 Å². The maximum atomic E-state index is 11.7. The fraction of sp³-hybridized carbons (Fsp3) is 0. The molecule has 2 rings (SSSR count). The molecule has 4 nitrogen and oxygen atoms in total. The highest BCUT2D eigenvalue weighted by atomic mass is 79.9. The molecule has 2 aromatic rings. The number of phenolic OH excluding ortho intramolecular Hbond substituents is 1. The SMILES string of the molecule is O=C(N/N=C/c1cc(Br)cs1)c1cccc(O)c1. The third-order valence-electron chi connectivity index (χ3n) is 2.05. The molecule has 0 aliphatic heterocycles. The number of thiophene rings is 1. The van der Waals surface area contributed by atoms with Gasteiger partial charge in [-0.15, -0.1) is 11.3 Å². The number of carbonyl (C=O) groups excluding carboxylic acids is 1. The molecule has 18 heavy (non-hydrogen) atoms. The van der Waals surface area contributed by atoms with Crippen LogP contribution in [0.1, 0.15) is 15.2 Å². The Labute approximate surface area is 116 Å². The van der Waals surface area contributed by atoms with Crippen molar-refractivity contribution in [3.05, 3.63) is 50.6 Å². The summed E-state index contributed by atoms with van der Waals surface area (Å²) in [5.74, 6) is -0.313. The molecule has 92 valence electrons. The number of hydrogen-bond donors (Lipinski definition) is 2. The summed E-state index contributed by atoms with van der Waals surface area (Å²) in [4.78, 5) is 12.6. The first-order valence-electron chi connectivity index (χ1n) is 5.01. The average molecular weight is 325 g/mol. The second kappa shape index (κ2) is 5.79. The van der Waals surface area contributed by atoms with Crippen molar-refractivity contribution in [1.82, 2.24) is 5.43 Å². The Morgan fingerprint density at radius 2 is 2.28 bits per heavy atom. The lowest BCUT2D eigenvalue weighted by Gasteiger charge is -1.99. The van der Waals surface area contributed by atoms with Crippen molar-refractivity contribution in [2.24, 2.45) is 5.10 Å². The average Bonchev–Trinajstić information content (AvgIpc) is 2.75. The van der Waals surface area contributed by atoms with Gasteiger partial charge >= 0.3 is 0 Å². The third kappa shape index (κ3) is 3.41. The number of nitrogens with zero attached hydrogens (tertiary/aromatic N) is 1. The number of benzene rings is 1. The van der Waals surface area contributed by atoms with Gasteiger partial charge in [0.05, 0.1) is 6.21 Å². The molecule has 0 fully saturated rings. The molecular weight excluding hydrogens is 316 g/mol. The van der Waals surface area contributed by atoms with E-state index in [2.05, 4.69) is 26.5 Å². The number of nitrogens with one attached hydrogen (secondary N) is 1. The van der Waals surface area contributed by atoms with E-state index in [1.54, 1.807) is 18.3 Å². The van der Waals surface area contributed by atoms with Crippen LogP contribution in [0, 0.1) is 0 Å². The van der Waals surface area contributed by atoms with Gasteiger partial charge in [0.2, 0.25) is 0 Å². The summed E-state index contributed by atoms with van der Waals surface area (Å²) >= 11 is 4.84. The molecule has 0 bridgehead atoms. The van der Waals surface area contributed by atoms with Gasteiger partial charge in [0.25, 0.3) is 5.91 Å². The molecule has 1 heterocycles. The van der Waals surface area contributed by atoms with Crippen molar-refractivity contribution in [1.29, 1.82) is 0 Å². The molecule has 1 aromatic carbocycles. The predicted octanol–water partition coefficient (Wildman–Crippen LogP) is 2.98. The van der Waals surface area contributed by atoms with Crippen molar-refractivity contribution in [2.45, 2.75) is 0 Å². The number of rotatable bonds is 3. The van der Waals surface area contributed by atoms with E-state index in [9.17, 15) is 9.90 Å². The molecule has 0 aliphatic carbocycles. The van der Waals surface area contributed by atoms with Crippen molar-refractivity contribution in [3.8, 4) is 5.75 Å². The zero-order valence-corrected chi connectivity index (χ0v) is 11.5. The molecule has 0 aliphatic rings. The molecule has 1 amide bonds. The van der Waals surface area contributed by atoms with Crippen LogP contribution in [0.4, 0.5) is 0 Å². The first-order valence-corrected chi connectivity index (χ1v) is 6.69. The van der Waals surface area contributed by atoms with Gasteiger partial charge in [0.1, 0.15) is 5.75 Å². The van der Waals surface area contributed by atoms with E-state index in [1.165, 1.54) is 23.5 Å². The van der Waals surface area contributed by atoms with Crippen LogP contribution in [0.3, 0.4) is 0 Å². The van der Waals surface area contributed by atoms with Gasteiger partial charge in [-0.25, -0.2) is 5.43 Å². The topological polar surface area (TPSA) is 61.7 Å². The summed E-state index contributed by atoms with van der Waals surface area (Å²) in [6.07, 6.45) is 1.57. The second-order valence-electron chi connectivity index (χ2n) is 3.42. The maximum absolute atomic E-state index is 11.7. The first-order chi connectivity index (χ1) is 8.65. The van der Waals surface area contributed by atoms with Gasteiger partial charge < -0.3 is 5.11 Å². The Morgan fingerprint density at radius 1 is 1.44 bits per heavy atom. The smallest absolute Gasteiger partial charge is 0.271 e. The Morgan fingerprint density at radius 3 is 2.94 bits per heavy atom. The van der Waals surface area contributed by atoms with Crippen LogP contribution in [0.2, 0.25) is 0 Å². The Hall–Kier alpha value is -1.66. The largest absolute Gasteiger partial charge is 0.508 e. The lowest BCUT2D eigenvalue weighted by molar-refractivity contribution is 0.0954. The number of phenols is 1. The Bertz CT molecular complexity index is 595. The minimum Gasteiger partial charge on any atom is -0.508 e. The third-order valence-corrected chi connectivity index (χ3v) is 3.68. The van der Waals surface area contributed by atoms with Crippen molar-refractivity contribution in [2.75, 3.05) is 0 Å². The van der Waals surface area contributed by atoms with Crippen LogP contribution in [0.15, 0.2) is 45.3 Å². The highest BCUT2D eigenvalue weighted by molar-refractivity contribution is 9.10. The molecule has 0 atom stereocenters. The van der Waals surface area contributed by atoms with E-state index in [0.29, 0.717) is 5.56 Å².